The smallest absolute Gasteiger partial charge is 0.168 e. The van der Waals surface area contributed by atoms with Gasteiger partial charge in [0.25, 0.3) is 0 Å². The Kier molecular flexibility index (Phi) is 4.32. The van der Waals surface area contributed by atoms with E-state index in [0.717, 1.165) is 18.1 Å². The maximum absolute atomic E-state index is 8.75. The Balaban J connectivity index is 2.52. The highest BCUT2D eigenvalue weighted by atomic mass is 32.2. The molecule has 0 aliphatic carbocycles. The van der Waals surface area contributed by atoms with Crippen molar-refractivity contribution in [3.8, 4) is 0 Å². The summed E-state index contributed by atoms with van der Waals surface area (Å²) >= 11 is 1.72. The van der Waals surface area contributed by atoms with Crippen LogP contribution in [-0.4, -0.2) is 26.5 Å². The van der Waals surface area contributed by atoms with Crippen molar-refractivity contribution in [3.63, 3.8) is 0 Å². The second kappa shape index (κ2) is 5.29. The van der Waals surface area contributed by atoms with Gasteiger partial charge in [-0.2, -0.15) is 0 Å². The van der Waals surface area contributed by atoms with E-state index in [1.165, 1.54) is 0 Å². The maximum atomic E-state index is 8.75. The van der Waals surface area contributed by atoms with Crippen LogP contribution in [-0.2, 0) is 6.54 Å². The summed E-state index contributed by atoms with van der Waals surface area (Å²) in [4.78, 5) is 4.25. The number of aryl methyl sites for hydroxylation is 1. The molecule has 1 rings (SSSR count). The first kappa shape index (κ1) is 10.6. The van der Waals surface area contributed by atoms with Gasteiger partial charge < -0.3 is 9.67 Å². The fourth-order valence-corrected chi connectivity index (χ4v) is 2.11. The number of aromatic nitrogens is 2. The van der Waals surface area contributed by atoms with Crippen LogP contribution >= 0.6 is 11.8 Å². The van der Waals surface area contributed by atoms with Crippen LogP contribution in [0.2, 0.25) is 0 Å². The Labute approximate surface area is 83.2 Å². The minimum Gasteiger partial charge on any atom is -0.396 e. The van der Waals surface area contributed by atoms with Crippen molar-refractivity contribution < 1.29 is 5.11 Å². The number of nitrogens with zero attached hydrogens (tertiary/aromatic N) is 2. The largest absolute Gasteiger partial charge is 0.396 e. The van der Waals surface area contributed by atoms with Crippen molar-refractivity contribution in [1.82, 2.24) is 9.55 Å². The fraction of sp³-hybridized carbons (Fsp3) is 0.667. The van der Waals surface area contributed by atoms with Gasteiger partial charge >= 0.3 is 0 Å². The minimum atomic E-state index is 0.251. The number of hydrogen-bond donors (Lipinski definition) is 1. The molecule has 1 unspecified atom stereocenters. The first-order valence-corrected chi connectivity index (χ1v) is 5.44. The molecule has 4 heteroatoms. The molecule has 1 aromatic heterocycles. The van der Waals surface area contributed by atoms with Crippen LogP contribution in [0, 0.1) is 0 Å². The van der Waals surface area contributed by atoms with Gasteiger partial charge in [0.05, 0.1) is 0 Å². The maximum Gasteiger partial charge on any atom is 0.168 e. The van der Waals surface area contributed by atoms with E-state index in [0.29, 0.717) is 5.25 Å². The average molecular weight is 200 g/mol. The van der Waals surface area contributed by atoms with Crippen molar-refractivity contribution in [2.75, 3.05) is 6.61 Å². The summed E-state index contributed by atoms with van der Waals surface area (Å²) in [6.45, 7) is 5.41. The van der Waals surface area contributed by atoms with Crippen molar-refractivity contribution in [2.45, 2.75) is 37.2 Å². The number of aliphatic hydroxyl groups excluding tert-OH is 1. The molecule has 1 atom stereocenters. The molecule has 0 saturated heterocycles. The van der Waals surface area contributed by atoms with E-state index in [4.69, 9.17) is 5.11 Å². The SMILES string of the molecule is CCn1ccnc1SC(C)CCO. The van der Waals surface area contributed by atoms with Crippen molar-refractivity contribution in [3.05, 3.63) is 12.4 Å². The van der Waals surface area contributed by atoms with Crippen LogP contribution in [0.25, 0.3) is 0 Å². The van der Waals surface area contributed by atoms with Crippen molar-refractivity contribution in [2.24, 2.45) is 0 Å². The van der Waals surface area contributed by atoms with Crippen LogP contribution in [0.5, 0.6) is 0 Å². The van der Waals surface area contributed by atoms with E-state index in [1.807, 2.05) is 12.4 Å². The number of thioether (sulfide) groups is 1. The van der Waals surface area contributed by atoms with Gasteiger partial charge in [0.15, 0.2) is 5.16 Å². The molecular weight excluding hydrogens is 184 g/mol. The zero-order valence-corrected chi connectivity index (χ0v) is 8.92. The van der Waals surface area contributed by atoms with Crippen molar-refractivity contribution in [1.29, 1.82) is 0 Å². The normalized spacial score (nSPS) is 13.2. The summed E-state index contributed by atoms with van der Waals surface area (Å²) < 4.78 is 2.11. The standard InChI is InChI=1S/C9H16N2OS/c1-3-11-6-5-10-9(11)13-8(2)4-7-12/h5-6,8,12H,3-4,7H2,1-2H3. The molecule has 0 spiro atoms. The van der Waals surface area contributed by atoms with Crippen LogP contribution in [0.4, 0.5) is 0 Å². The molecule has 0 amide bonds. The lowest BCUT2D eigenvalue weighted by Gasteiger charge is -2.09. The molecule has 0 aromatic carbocycles. The first-order chi connectivity index (χ1) is 6.27. The molecule has 0 saturated carbocycles. The van der Waals surface area contributed by atoms with E-state index in [9.17, 15) is 0 Å². The van der Waals surface area contributed by atoms with E-state index in [-0.39, 0.29) is 6.61 Å². The highest BCUT2D eigenvalue weighted by molar-refractivity contribution is 7.99. The molecule has 1 heterocycles. The van der Waals surface area contributed by atoms with Crippen LogP contribution < -0.4 is 0 Å². The molecule has 1 aromatic rings. The van der Waals surface area contributed by atoms with Gasteiger partial charge in [-0.05, 0) is 13.3 Å². The van der Waals surface area contributed by atoms with E-state index < -0.39 is 0 Å². The van der Waals surface area contributed by atoms with Crippen molar-refractivity contribution >= 4 is 11.8 Å². The molecular formula is C9H16N2OS. The molecule has 1 N–H and O–H groups in total. The highest BCUT2D eigenvalue weighted by Gasteiger charge is 2.07. The third-order valence-electron chi connectivity index (χ3n) is 1.86. The molecule has 74 valence electrons. The lowest BCUT2D eigenvalue weighted by atomic mass is 10.4. The Morgan fingerprint density at radius 3 is 3.08 bits per heavy atom. The molecule has 13 heavy (non-hydrogen) atoms. The number of imidazole rings is 1. The van der Waals surface area contributed by atoms with E-state index >= 15 is 0 Å². The number of hydrogen-bond acceptors (Lipinski definition) is 3. The van der Waals surface area contributed by atoms with Gasteiger partial charge in [-0.25, -0.2) is 4.98 Å². The number of aliphatic hydroxyl groups is 1. The van der Waals surface area contributed by atoms with Gasteiger partial charge in [-0.3, -0.25) is 0 Å². The third-order valence-corrected chi connectivity index (χ3v) is 3.05. The summed E-state index contributed by atoms with van der Waals surface area (Å²) in [5.74, 6) is 0. The van der Waals surface area contributed by atoms with E-state index in [2.05, 4.69) is 23.4 Å². The molecule has 0 radical (unpaired) electrons. The van der Waals surface area contributed by atoms with Gasteiger partial charge in [0.1, 0.15) is 0 Å². The molecule has 0 fully saturated rings. The zero-order valence-electron chi connectivity index (χ0n) is 8.10. The summed E-state index contributed by atoms with van der Waals surface area (Å²) in [6, 6.07) is 0. The minimum absolute atomic E-state index is 0.251. The van der Waals surface area contributed by atoms with Gasteiger partial charge in [0.2, 0.25) is 0 Å². The van der Waals surface area contributed by atoms with Crippen LogP contribution in [0.3, 0.4) is 0 Å². The molecule has 3 nitrogen and oxygen atoms in total. The highest BCUT2D eigenvalue weighted by Crippen LogP contribution is 2.22. The Morgan fingerprint density at radius 1 is 1.69 bits per heavy atom. The first-order valence-electron chi connectivity index (χ1n) is 4.56. The van der Waals surface area contributed by atoms with Gasteiger partial charge in [-0.15, -0.1) is 0 Å². The second-order valence-electron chi connectivity index (χ2n) is 2.94. The predicted molar refractivity (Wildman–Crippen MR) is 54.9 cm³/mol. The molecule has 0 aliphatic heterocycles. The van der Waals surface area contributed by atoms with Crippen LogP contribution in [0.1, 0.15) is 20.3 Å². The Hall–Kier alpha value is -0.480. The molecule has 0 bridgehead atoms. The van der Waals surface area contributed by atoms with E-state index in [1.54, 1.807) is 11.8 Å². The lowest BCUT2D eigenvalue weighted by molar-refractivity contribution is 0.289. The fourth-order valence-electron chi connectivity index (χ4n) is 1.07. The summed E-state index contributed by atoms with van der Waals surface area (Å²) in [5, 5.41) is 10.2. The summed E-state index contributed by atoms with van der Waals surface area (Å²) in [6.07, 6.45) is 4.62. The summed E-state index contributed by atoms with van der Waals surface area (Å²) in [7, 11) is 0. The molecule has 0 aliphatic rings. The zero-order chi connectivity index (χ0) is 9.68. The second-order valence-corrected chi connectivity index (χ2v) is 4.34. The predicted octanol–water partition coefficient (Wildman–Crippen LogP) is 1.77. The quantitative estimate of drug-likeness (QED) is 0.736. The van der Waals surface area contributed by atoms with Gasteiger partial charge in [-0.1, -0.05) is 18.7 Å². The Bertz CT molecular complexity index is 250. The Morgan fingerprint density at radius 2 is 2.46 bits per heavy atom. The van der Waals surface area contributed by atoms with Gasteiger partial charge in [0, 0.05) is 30.8 Å². The monoisotopic (exact) mass is 200 g/mol. The number of rotatable bonds is 5. The lowest BCUT2D eigenvalue weighted by Crippen LogP contribution is -2.03. The van der Waals surface area contributed by atoms with Crippen LogP contribution in [0.15, 0.2) is 17.6 Å². The topological polar surface area (TPSA) is 38.0 Å². The average Bonchev–Trinajstić information content (AvgIpc) is 2.52. The summed E-state index contributed by atoms with van der Waals surface area (Å²) in [5.41, 5.74) is 0. The third kappa shape index (κ3) is 3.04.